The lowest BCUT2D eigenvalue weighted by atomic mass is 9.97. The number of nitrogens with one attached hydrogen (secondary N) is 1. The Hall–Kier alpha value is -4.99. The van der Waals surface area contributed by atoms with Gasteiger partial charge in [-0.1, -0.05) is 60.7 Å². The van der Waals surface area contributed by atoms with E-state index in [0.29, 0.717) is 5.56 Å². The minimum Gasteiger partial charge on any atom is -0.447 e. The van der Waals surface area contributed by atoms with Crippen molar-refractivity contribution in [2.75, 3.05) is 0 Å². The van der Waals surface area contributed by atoms with Crippen LogP contribution in [-0.4, -0.2) is 38.4 Å². The number of amides is 2. The molecule has 9 nitrogen and oxygen atoms in total. The molecule has 2 aromatic heterocycles. The highest BCUT2D eigenvalue weighted by Crippen LogP contribution is 2.28. The van der Waals surface area contributed by atoms with Gasteiger partial charge in [0.25, 0.3) is 5.91 Å². The summed E-state index contributed by atoms with van der Waals surface area (Å²) in [5, 5.41) is 7.13. The van der Waals surface area contributed by atoms with Gasteiger partial charge in [0, 0.05) is 18.2 Å². The van der Waals surface area contributed by atoms with Gasteiger partial charge in [-0.3, -0.25) is 9.59 Å². The maximum Gasteiger partial charge on any atom is 0.352 e. The zero-order valence-corrected chi connectivity index (χ0v) is 19.5. The van der Waals surface area contributed by atoms with Gasteiger partial charge in [-0.05, 0) is 17.7 Å². The number of nitrogens with zero attached hydrogens (tertiary/aromatic N) is 3. The molecule has 1 aliphatic rings. The van der Waals surface area contributed by atoms with Crippen LogP contribution in [0.5, 0.6) is 0 Å². The summed E-state index contributed by atoms with van der Waals surface area (Å²) in [6, 6.07) is 20.1. The SMILES string of the molecule is NC(=O)C1(C(Cc2ccccc2)NC(=O)c2cccnc2-n2cc(F)c(-c3ccccc3)n2)OC=CO1. The summed E-state index contributed by atoms with van der Waals surface area (Å²) in [6.07, 6.45) is 5.18. The Kier molecular flexibility index (Phi) is 6.38. The predicted octanol–water partition coefficient (Wildman–Crippen LogP) is 3.11. The highest BCUT2D eigenvalue weighted by molar-refractivity contribution is 5.98. The van der Waals surface area contributed by atoms with Crippen molar-refractivity contribution in [3.05, 3.63) is 115 Å². The molecule has 37 heavy (non-hydrogen) atoms. The molecule has 0 radical (unpaired) electrons. The Morgan fingerprint density at radius 1 is 1.00 bits per heavy atom. The zero-order valence-electron chi connectivity index (χ0n) is 19.5. The predicted molar refractivity (Wildman–Crippen MR) is 131 cm³/mol. The van der Waals surface area contributed by atoms with Crippen molar-refractivity contribution in [1.82, 2.24) is 20.1 Å². The van der Waals surface area contributed by atoms with E-state index in [1.165, 1.54) is 29.5 Å². The van der Waals surface area contributed by atoms with Gasteiger partial charge < -0.3 is 20.5 Å². The molecule has 3 heterocycles. The van der Waals surface area contributed by atoms with Gasteiger partial charge in [0.15, 0.2) is 11.6 Å². The van der Waals surface area contributed by atoms with E-state index >= 15 is 0 Å². The standard InChI is InChI=1S/C27H22FN5O4/c28-21-17-33(32-23(21)19-10-5-2-6-11-19)24-20(12-7-13-30-24)25(34)31-22(16-18-8-3-1-4-9-18)27(26(29)35)36-14-15-37-27/h1-15,17,22H,16H2,(H2,29,35)(H,31,34). The number of rotatable bonds is 8. The van der Waals surface area contributed by atoms with Crippen LogP contribution in [0.2, 0.25) is 0 Å². The maximum atomic E-state index is 14.8. The van der Waals surface area contributed by atoms with Gasteiger partial charge in [-0.15, -0.1) is 0 Å². The van der Waals surface area contributed by atoms with E-state index in [-0.39, 0.29) is 23.5 Å². The van der Waals surface area contributed by atoms with E-state index < -0.39 is 29.5 Å². The highest BCUT2D eigenvalue weighted by atomic mass is 19.1. The average molecular weight is 500 g/mol. The van der Waals surface area contributed by atoms with E-state index in [1.807, 2.05) is 36.4 Å². The molecule has 1 atom stereocenters. The van der Waals surface area contributed by atoms with Gasteiger partial charge in [0.2, 0.25) is 0 Å². The monoisotopic (exact) mass is 499 g/mol. The second-order valence-electron chi connectivity index (χ2n) is 8.27. The third kappa shape index (κ3) is 4.64. The Bertz CT molecular complexity index is 1450. The number of benzene rings is 2. The molecule has 3 N–H and O–H groups in total. The van der Waals surface area contributed by atoms with Crippen LogP contribution >= 0.6 is 0 Å². The summed E-state index contributed by atoms with van der Waals surface area (Å²) in [7, 11) is 0. The number of hydrogen-bond donors (Lipinski definition) is 2. The summed E-state index contributed by atoms with van der Waals surface area (Å²) in [4.78, 5) is 30.3. The van der Waals surface area contributed by atoms with Crippen molar-refractivity contribution in [1.29, 1.82) is 0 Å². The number of halogens is 1. The molecule has 10 heteroatoms. The van der Waals surface area contributed by atoms with Gasteiger partial charge in [-0.2, -0.15) is 5.10 Å². The van der Waals surface area contributed by atoms with Crippen LogP contribution in [-0.2, 0) is 20.7 Å². The van der Waals surface area contributed by atoms with Crippen LogP contribution in [0.3, 0.4) is 0 Å². The molecule has 0 spiro atoms. The Labute approximate surface area is 211 Å². The number of ether oxygens (including phenoxy) is 2. The molecule has 2 aromatic carbocycles. The first kappa shape index (κ1) is 23.7. The normalized spacial score (nSPS) is 14.4. The van der Waals surface area contributed by atoms with Gasteiger partial charge in [0.1, 0.15) is 24.3 Å². The van der Waals surface area contributed by atoms with E-state index in [2.05, 4.69) is 15.4 Å². The lowest BCUT2D eigenvalue weighted by Crippen LogP contribution is -2.61. The van der Waals surface area contributed by atoms with Crippen molar-refractivity contribution in [2.45, 2.75) is 18.2 Å². The first-order valence-corrected chi connectivity index (χ1v) is 11.4. The Balaban J connectivity index is 1.49. The van der Waals surface area contributed by atoms with E-state index in [1.54, 1.807) is 30.3 Å². The molecule has 5 rings (SSSR count). The molecule has 0 fully saturated rings. The van der Waals surface area contributed by atoms with E-state index in [0.717, 1.165) is 11.8 Å². The summed E-state index contributed by atoms with van der Waals surface area (Å²) in [5.41, 5.74) is 7.24. The fourth-order valence-electron chi connectivity index (χ4n) is 4.11. The summed E-state index contributed by atoms with van der Waals surface area (Å²) >= 11 is 0. The number of hydrogen-bond acceptors (Lipinski definition) is 6. The van der Waals surface area contributed by atoms with Crippen LogP contribution < -0.4 is 11.1 Å². The number of aromatic nitrogens is 3. The Morgan fingerprint density at radius 3 is 2.35 bits per heavy atom. The summed E-state index contributed by atoms with van der Waals surface area (Å²) < 4.78 is 27.0. The molecule has 1 unspecified atom stereocenters. The molecule has 186 valence electrons. The van der Waals surface area contributed by atoms with Crippen molar-refractivity contribution >= 4 is 11.8 Å². The quantitative estimate of drug-likeness (QED) is 0.384. The second-order valence-corrected chi connectivity index (χ2v) is 8.27. The minimum absolute atomic E-state index is 0.0910. The number of primary amides is 1. The lowest BCUT2D eigenvalue weighted by molar-refractivity contribution is -0.182. The fourth-order valence-corrected chi connectivity index (χ4v) is 4.11. The van der Waals surface area contributed by atoms with E-state index in [9.17, 15) is 14.0 Å². The van der Waals surface area contributed by atoms with Crippen molar-refractivity contribution in [3.63, 3.8) is 0 Å². The second kappa shape index (κ2) is 9.94. The first-order valence-electron chi connectivity index (χ1n) is 11.4. The number of nitrogens with two attached hydrogens (primary N) is 1. The topological polar surface area (TPSA) is 121 Å². The molecule has 1 aliphatic heterocycles. The average Bonchev–Trinajstić information content (AvgIpc) is 3.57. The first-order chi connectivity index (χ1) is 18.0. The highest BCUT2D eigenvalue weighted by Gasteiger charge is 2.51. The lowest BCUT2D eigenvalue weighted by Gasteiger charge is -2.33. The number of carbonyl (C=O) groups is 2. The molecule has 0 saturated heterocycles. The summed E-state index contributed by atoms with van der Waals surface area (Å²) in [5.74, 6) is -3.95. The Morgan fingerprint density at radius 2 is 1.68 bits per heavy atom. The molecular weight excluding hydrogens is 477 g/mol. The third-order valence-corrected chi connectivity index (χ3v) is 5.90. The fraction of sp³-hybridized carbons (Fsp3) is 0.111. The molecular formula is C27H22FN5O4. The van der Waals surface area contributed by atoms with Crippen LogP contribution in [0, 0.1) is 5.82 Å². The minimum atomic E-state index is -1.95. The molecule has 0 aliphatic carbocycles. The maximum absolute atomic E-state index is 14.8. The van der Waals surface area contributed by atoms with Crippen LogP contribution in [0.15, 0.2) is 97.7 Å². The molecule has 0 bridgehead atoms. The van der Waals surface area contributed by atoms with Crippen molar-refractivity contribution in [2.24, 2.45) is 5.73 Å². The zero-order chi connectivity index (χ0) is 25.8. The van der Waals surface area contributed by atoms with Crippen molar-refractivity contribution in [3.8, 4) is 17.1 Å². The van der Waals surface area contributed by atoms with Gasteiger partial charge in [0.05, 0.1) is 11.8 Å². The molecule has 0 saturated carbocycles. The summed E-state index contributed by atoms with van der Waals surface area (Å²) in [6.45, 7) is 0. The van der Waals surface area contributed by atoms with E-state index in [4.69, 9.17) is 15.2 Å². The molecule has 2 amide bonds. The van der Waals surface area contributed by atoms with Crippen molar-refractivity contribution < 1.29 is 23.5 Å². The number of pyridine rings is 1. The van der Waals surface area contributed by atoms with Crippen LogP contribution in [0.25, 0.3) is 17.1 Å². The van der Waals surface area contributed by atoms with Crippen LogP contribution in [0.1, 0.15) is 15.9 Å². The largest absolute Gasteiger partial charge is 0.447 e. The van der Waals surface area contributed by atoms with Crippen LogP contribution in [0.4, 0.5) is 4.39 Å². The smallest absolute Gasteiger partial charge is 0.352 e. The van der Waals surface area contributed by atoms with Gasteiger partial charge >= 0.3 is 11.7 Å². The van der Waals surface area contributed by atoms with Gasteiger partial charge in [-0.25, -0.2) is 14.1 Å². The third-order valence-electron chi connectivity index (χ3n) is 5.90. The number of carbonyl (C=O) groups excluding carboxylic acids is 2. The molecule has 4 aromatic rings.